The van der Waals surface area contributed by atoms with Crippen molar-refractivity contribution in [3.63, 3.8) is 0 Å². The van der Waals surface area contributed by atoms with Gasteiger partial charge in [0, 0.05) is 12.8 Å². The first kappa shape index (κ1) is 67.3. The molecule has 0 aliphatic rings. The van der Waals surface area contributed by atoms with Crippen LogP contribution in [-0.2, 0) is 14.3 Å². The van der Waals surface area contributed by atoms with E-state index in [1.807, 2.05) is 0 Å². The maximum Gasteiger partial charge on any atom is 0.305 e. The van der Waals surface area contributed by atoms with Crippen LogP contribution in [0.25, 0.3) is 0 Å². The molecule has 0 aliphatic heterocycles. The lowest BCUT2D eigenvalue weighted by atomic mass is 10.0. The lowest BCUT2D eigenvalue weighted by Gasteiger charge is -2.22. The Balaban J connectivity index is 3.41. The first-order valence-electron chi connectivity index (χ1n) is 31.1. The zero-order valence-corrected chi connectivity index (χ0v) is 46.6. The number of hydrogen-bond acceptors (Lipinski definition) is 5. The molecule has 0 aromatic carbocycles. The molecule has 0 heterocycles. The number of rotatable bonds is 58. The van der Waals surface area contributed by atoms with Gasteiger partial charge in [-0.1, -0.05) is 301 Å². The summed E-state index contributed by atoms with van der Waals surface area (Å²) in [6, 6.07) is -0.546. The fraction of sp³-hybridized carbons (Fsp3) is 0.905. The van der Waals surface area contributed by atoms with Crippen molar-refractivity contribution in [1.29, 1.82) is 0 Å². The predicted molar refractivity (Wildman–Crippen MR) is 301 cm³/mol. The van der Waals surface area contributed by atoms with Crippen LogP contribution in [0.5, 0.6) is 0 Å². The van der Waals surface area contributed by atoms with Crippen molar-refractivity contribution < 1.29 is 24.5 Å². The molecular formula is C63H121NO5. The third-order valence-electron chi connectivity index (χ3n) is 14.5. The summed E-state index contributed by atoms with van der Waals surface area (Å²) in [4.78, 5) is 24.5. The topological polar surface area (TPSA) is 95.9 Å². The molecule has 0 bridgehead atoms. The summed E-state index contributed by atoms with van der Waals surface area (Å²) < 4.78 is 5.46. The zero-order chi connectivity index (χ0) is 50.0. The second-order valence-electron chi connectivity index (χ2n) is 21.4. The lowest BCUT2D eigenvalue weighted by molar-refractivity contribution is -0.143. The molecule has 1 amide bonds. The number of ether oxygens (including phenoxy) is 1. The predicted octanol–water partition coefficient (Wildman–Crippen LogP) is 19.4. The molecule has 0 fully saturated rings. The van der Waals surface area contributed by atoms with Crippen molar-refractivity contribution in [2.45, 2.75) is 353 Å². The minimum Gasteiger partial charge on any atom is -0.466 e. The Kier molecular flexibility index (Phi) is 57.5. The molecule has 0 radical (unpaired) electrons. The fourth-order valence-corrected chi connectivity index (χ4v) is 9.74. The number of amides is 1. The summed E-state index contributed by atoms with van der Waals surface area (Å²) in [6.07, 6.45) is 71.8. The van der Waals surface area contributed by atoms with Gasteiger partial charge in [-0.3, -0.25) is 9.59 Å². The van der Waals surface area contributed by atoms with E-state index in [1.165, 1.54) is 257 Å². The molecule has 0 saturated carbocycles. The Labute approximate surface area is 431 Å². The van der Waals surface area contributed by atoms with Gasteiger partial charge in [-0.25, -0.2) is 0 Å². The molecule has 0 aromatic rings. The Hall–Kier alpha value is -1.66. The Bertz CT molecular complexity index is 1080. The number of esters is 1. The first-order valence-corrected chi connectivity index (χ1v) is 31.1. The monoisotopic (exact) mass is 972 g/mol. The average molecular weight is 973 g/mol. The number of hydrogen-bond donors (Lipinski definition) is 3. The molecule has 0 saturated heterocycles. The van der Waals surface area contributed by atoms with Crippen molar-refractivity contribution in [2.24, 2.45) is 0 Å². The molecule has 2 atom stereocenters. The van der Waals surface area contributed by atoms with E-state index in [4.69, 9.17) is 4.74 Å². The maximum atomic E-state index is 12.5. The van der Waals surface area contributed by atoms with Crippen LogP contribution in [0, 0.1) is 0 Å². The Morgan fingerprint density at radius 3 is 1.16 bits per heavy atom. The normalized spacial score (nSPS) is 12.7. The second-order valence-corrected chi connectivity index (χ2v) is 21.4. The van der Waals surface area contributed by atoms with Gasteiger partial charge in [0.1, 0.15) is 0 Å². The summed E-state index contributed by atoms with van der Waals surface area (Å²) in [6.45, 7) is 4.90. The van der Waals surface area contributed by atoms with Crippen LogP contribution in [0.4, 0.5) is 0 Å². The van der Waals surface area contributed by atoms with E-state index in [9.17, 15) is 19.8 Å². The van der Waals surface area contributed by atoms with E-state index < -0.39 is 12.1 Å². The van der Waals surface area contributed by atoms with Crippen molar-refractivity contribution >= 4 is 11.9 Å². The molecule has 3 N–H and O–H groups in total. The van der Waals surface area contributed by atoms with Crippen LogP contribution in [0.2, 0.25) is 0 Å². The lowest BCUT2D eigenvalue weighted by Crippen LogP contribution is -2.45. The fourth-order valence-electron chi connectivity index (χ4n) is 9.74. The van der Waals surface area contributed by atoms with Crippen molar-refractivity contribution in [2.75, 3.05) is 13.2 Å². The van der Waals surface area contributed by atoms with Crippen LogP contribution in [0.1, 0.15) is 341 Å². The molecule has 69 heavy (non-hydrogen) atoms. The first-order chi connectivity index (χ1) is 34.0. The number of allylic oxidation sites excluding steroid dienone is 4. The van der Waals surface area contributed by atoms with Crippen LogP contribution in [0.15, 0.2) is 24.3 Å². The number of nitrogens with one attached hydrogen (secondary N) is 1. The van der Waals surface area contributed by atoms with Crippen molar-refractivity contribution in [1.82, 2.24) is 5.32 Å². The number of carbonyl (C=O) groups is 2. The van der Waals surface area contributed by atoms with Gasteiger partial charge in [-0.05, 0) is 51.4 Å². The molecule has 6 heteroatoms. The van der Waals surface area contributed by atoms with Crippen LogP contribution in [-0.4, -0.2) is 47.4 Å². The largest absolute Gasteiger partial charge is 0.466 e. The highest BCUT2D eigenvalue weighted by Crippen LogP contribution is 2.18. The summed E-state index contributed by atoms with van der Waals surface area (Å²) >= 11 is 0. The highest BCUT2D eigenvalue weighted by molar-refractivity contribution is 5.76. The van der Waals surface area contributed by atoms with Crippen molar-refractivity contribution in [3.8, 4) is 0 Å². The van der Waals surface area contributed by atoms with Crippen molar-refractivity contribution in [3.05, 3.63) is 24.3 Å². The zero-order valence-electron chi connectivity index (χ0n) is 46.6. The Morgan fingerprint density at radius 2 is 0.754 bits per heavy atom. The molecule has 0 aliphatic carbocycles. The quantitative estimate of drug-likeness (QED) is 0.0321. The number of carbonyl (C=O) groups excluding carboxylic acids is 2. The van der Waals surface area contributed by atoms with E-state index in [0.29, 0.717) is 25.9 Å². The van der Waals surface area contributed by atoms with Crippen LogP contribution >= 0.6 is 0 Å². The molecule has 0 rings (SSSR count). The number of aliphatic hydroxyl groups excluding tert-OH is 2. The number of unbranched alkanes of at least 4 members (excludes halogenated alkanes) is 43. The van der Waals surface area contributed by atoms with E-state index >= 15 is 0 Å². The van der Waals surface area contributed by atoms with Gasteiger partial charge in [0.2, 0.25) is 5.91 Å². The highest BCUT2D eigenvalue weighted by Gasteiger charge is 2.20. The van der Waals surface area contributed by atoms with E-state index in [-0.39, 0.29) is 18.5 Å². The summed E-state index contributed by atoms with van der Waals surface area (Å²) in [5.74, 6) is -0.0433. The molecule has 408 valence electrons. The molecular weight excluding hydrogens is 851 g/mol. The smallest absolute Gasteiger partial charge is 0.305 e. The molecule has 0 aromatic heterocycles. The van der Waals surface area contributed by atoms with Gasteiger partial charge in [0.25, 0.3) is 0 Å². The minimum atomic E-state index is -0.668. The third kappa shape index (κ3) is 55.5. The minimum absolute atomic E-state index is 0.00736. The van der Waals surface area contributed by atoms with Crippen LogP contribution in [0.3, 0.4) is 0 Å². The van der Waals surface area contributed by atoms with Gasteiger partial charge in [0.05, 0.1) is 25.4 Å². The van der Waals surface area contributed by atoms with Gasteiger partial charge in [-0.15, -0.1) is 0 Å². The van der Waals surface area contributed by atoms with E-state index in [1.54, 1.807) is 0 Å². The highest BCUT2D eigenvalue weighted by atomic mass is 16.5. The molecule has 6 nitrogen and oxygen atoms in total. The second kappa shape index (κ2) is 58.9. The summed E-state index contributed by atoms with van der Waals surface area (Å²) in [5, 5.41) is 23.4. The van der Waals surface area contributed by atoms with E-state index in [0.717, 1.165) is 51.4 Å². The van der Waals surface area contributed by atoms with Gasteiger partial charge < -0.3 is 20.3 Å². The van der Waals surface area contributed by atoms with Crippen LogP contribution < -0.4 is 5.32 Å². The third-order valence-corrected chi connectivity index (χ3v) is 14.5. The van der Waals surface area contributed by atoms with E-state index in [2.05, 4.69) is 43.5 Å². The maximum absolute atomic E-state index is 12.5. The van der Waals surface area contributed by atoms with Gasteiger partial charge in [-0.2, -0.15) is 0 Å². The SMILES string of the molecule is CCC/C=C\C/C=C\CCCCCCCC(=O)OCCCCCCCCCCCCCCCCCCCCC(=O)NC(CO)C(O)CCCCCCCCCCCCCCCCCCCCCCC. The Morgan fingerprint density at radius 1 is 0.406 bits per heavy atom. The molecule has 2 unspecified atom stereocenters. The standard InChI is InChI=1S/C63H121NO5/c1-3-5-7-9-11-13-15-17-18-19-20-21-22-25-28-32-35-39-43-47-51-55-61(66)60(59-65)64-62(67)56-52-48-44-40-36-33-29-26-23-24-27-30-34-38-42-46-50-54-58-69-63(68)57-53-49-45-41-37-31-16-14-12-10-8-6-4-2/h8,10,14,16,60-61,65-66H,3-7,9,11-13,15,17-59H2,1-2H3,(H,64,67)/b10-8-,16-14-. The van der Waals surface area contributed by atoms with Gasteiger partial charge >= 0.3 is 5.97 Å². The average Bonchev–Trinajstić information content (AvgIpc) is 3.35. The summed E-state index contributed by atoms with van der Waals surface area (Å²) in [7, 11) is 0. The van der Waals surface area contributed by atoms with Gasteiger partial charge in [0.15, 0.2) is 0 Å². The molecule has 0 spiro atoms. The summed E-state index contributed by atoms with van der Waals surface area (Å²) in [5.41, 5.74) is 0. The number of aliphatic hydroxyl groups is 2.